The van der Waals surface area contributed by atoms with E-state index in [1.807, 2.05) is 41.6 Å². The molecule has 0 unspecified atom stereocenters. The van der Waals surface area contributed by atoms with Crippen molar-refractivity contribution >= 4 is 22.2 Å². The zero-order valence-electron chi connectivity index (χ0n) is 14.8. The van der Waals surface area contributed by atoms with E-state index < -0.39 is 0 Å². The molecule has 1 saturated carbocycles. The van der Waals surface area contributed by atoms with Crippen LogP contribution in [-0.4, -0.2) is 38.2 Å². The Morgan fingerprint density at radius 3 is 2.81 bits per heavy atom. The highest BCUT2D eigenvalue weighted by atomic mass is 16.5. The van der Waals surface area contributed by atoms with Crippen molar-refractivity contribution in [3.05, 3.63) is 40.7 Å². The molecule has 1 fully saturated rings. The summed E-state index contributed by atoms with van der Waals surface area (Å²) < 4.78 is 8.93. The monoisotopic (exact) mass is 350 g/mol. The van der Waals surface area contributed by atoms with Crippen LogP contribution in [0, 0.1) is 0 Å². The van der Waals surface area contributed by atoms with Crippen molar-refractivity contribution in [3.63, 3.8) is 0 Å². The van der Waals surface area contributed by atoms with Gasteiger partial charge in [-0.3, -0.25) is 13.8 Å². The standard InChI is InChI=1S/C18H18N6O2/c1-22(2)11-5-4-6-12-13(11)18(25)23(3)17-14(19-9-24(12)17)16-20-15(21-26-16)10-7-8-10/h4-6,9-10H,7-8H2,1-3H3. The van der Waals surface area contributed by atoms with Gasteiger partial charge in [-0.05, 0) is 25.0 Å². The fourth-order valence-electron chi connectivity index (χ4n) is 3.41. The molecule has 26 heavy (non-hydrogen) atoms. The van der Waals surface area contributed by atoms with Crippen molar-refractivity contribution in [1.29, 1.82) is 0 Å². The third kappa shape index (κ3) is 2.01. The fraction of sp³-hybridized carbons (Fsp3) is 0.333. The first-order valence-corrected chi connectivity index (χ1v) is 8.56. The quantitative estimate of drug-likeness (QED) is 0.563. The summed E-state index contributed by atoms with van der Waals surface area (Å²) in [4.78, 5) is 24.0. The summed E-state index contributed by atoms with van der Waals surface area (Å²) in [5, 5.41) is 4.72. The maximum absolute atomic E-state index is 13.1. The van der Waals surface area contributed by atoms with Crippen LogP contribution in [-0.2, 0) is 7.05 Å². The summed E-state index contributed by atoms with van der Waals surface area (Å²) >= 11 is 0. The third-order valence-corrected chi connectivity index (χ3v) is 4.93. The normalized spacial score (nSPS) is 14.4. The number of aryl methyl sites for hydroxylation is 1. The molecule has 0 saturated heterocycles. The Bertz CT molecular complexity index is 1210. The Kier molecular flexibility index (Phi) is 3.01. The lowest BCUT2D eigenvalue weighted by molar-refractivity contribution is 0.422. The molecule has 8 nitrogen and oxygen atoms in total. The summed E-state index contributed by atoms with van der Waals surface area (Å²) in [7, 11) is 5.60. The first-order valence-electron chi connectivity index (χ1n) is 8.56. The lowest BCUT2D eigenvalue weighted by atomic mass is 10.2. The van der Waals surface area contributed by atoms with Gasteiger partial charge in [0.05, 0.1) is 16.6 Å². The summed E-state index contributed by atoms with van der Waals surface area (Å²) in [6.45, 7) is 0. The molecule has 132 valence electrons. The van der Waals surface area contributed by atoms with Crippen molar-refractivity contribution in [2.24, 2.45) is 7.05 Å². The number of imidazole rings is 1. The van der Waals surface area contributed by atoms with Crippen LogP contribution in [0.25, 0.3) is 28.1 Å². The Balaban J connectivity index is 1.83. The number of hydrogen-bond donors (Lipinski definition) is 0. The molecule has 0 aliphatic heterocycles. The van der Waals surface area contributed by atoms with Gasteiger partial charge < -0.3 is 9.42 Å². The molecule has 1 aliphatic carbocycles. The minimum absolute atomic E-state index is 0.0829. The van der Waals surface area contributed by atoms with Gasteiger partial charge in [0.25, 0.3) is 11.4 Å². The fourth-order valence-corrected chi connectivity index (χ4v) is 3.41. The number of nitrogens with zero attached hydrogens (tertiary/aromatic N) is 6. The topological polar surface area (TPSA) is 81.5 Å². The van der Waals surface area contributed by atoms with E-state index in [0.717, 1.165) is 29.9 Å². The zero-order valence-corrected chi connectivity index (χ0v) is 14.8. The summed E-state index contributed by atoms with van der Waals surface area (Å²) in [6, 6.07) is 5.80. The van der Waals surface area contributed by atoms with Crippen molar-refractivity contribution in [2.75, 3.05) is 19.0 Å². The molecule has 0 bridgehead atoms. The van der Waals surface area contributed by atoms with E-state index in [1.165, 1.54) is 0 Å². The lowest BCUT2D eigenvalue weighted by Crippen LogP contribution is -2.22. The number of benzene rings is 1. The second-order valence-electron chi connectivity index (χ2n) is 6.95. The molecule has 8 heteroatoms. The average molecular weight is 350 g/mol. The Morgan fingerprint density at radius 2 is 2.08 bits per heavy atom. The molecule has 1 aliphatic rings. The number of aromatic nitrogens is 5. The molecular weight excluding hydrogens is 332 g/mol. The Hall–Kier alpha value is -3.16. The van der Waals surface area contributed by atoms with Crippen LogP contribution in [0.2, 0.25) is 0 Å². The van der Waals surface area contributed by atoms with Gasteiger partial charge in [-0.2, -0.15) is 4.98 Å². The molecule has 1 aromatic carbocycles. The molecule has 5 rings (SSSR count). The van der Waals surface area contributed by atoms with Crippen LogP contribution in [0.1, 0.15) is 24.6 Å². The Labute approximate surface area is 148 Å². The minimum atomic E-state index is -0.0829. The smallest absolute Gasteiger partial charge is 0.280 e. The molecule has 0 spiro atoms. The van der Waals surface area contributed by atoms with Crippen molar-refractivity contribution in [3.8, 4) is 11.6 Å². The van der Waals surface area contributed by atoms with Crippen LogP contribution in [0.4, 0.5) is 5.69 Å². The van der Waals surface area contributed by atoms with Gasteiger partial charge in [-0.1, -0.05) is 11.2 Å². The second-order valence-corrected chi connectivity index (χ2v) is 6.95. The van der Waals surface area contributed by atoms with E-state index in [1.54, 1.807) is 17.9 Å². The third-order valence-electron chi connectivity index (χ3n) is 4.93. The predicted octanol–water partition coefficient (Wildman–Crippen LogP) is 2.18. The van der Waals surface area contributed by atoms with E-state index in [9.17, 15) is 4.79 Å². The molecule has 4 aromatic rings. The summed E-state index contributed by atoms with van der Waals surface area (Å²) in [5.74, 6) is 1.48. The predicted molar refractivity (Wildman–Crippen MR) is 97.5 cm³/mol. The average Bonchev–Trinajstić information content (AvgIpc) is 3.20. The largest absolute Gasteiger partial charge is 0.377 e. The first kappa shape index (κ1) is 15.1. The van der Waals surface area contributed by atoms with Crippen molar-refractivity contribution in [2.45, 2.75) is 18.8 Å². The minimum Gasteiger partial charge on any atom is -0.377 e. The first-order chi connectivity index (χ1) is 12.6. The van der Waals surface area contributed by atoms with Gasteiger partial charge in [-0.15, -0.1) is 0 Å². The zero-order chi connectivity index (χ0) is 18.0. The molecule has 0 amide bonds. The number of anilines is 1. The molecule has 0 radical (unpaired) electrons. The number of fused-ring (bicyclic) bond motifs is 3. The van der Waals surface area contributed by atoms with E-state index in [0.29, 0.717) is 28.5 Å². The van der Waals surface area contributed by atoms with Crippen LogP contribution < -0.4 is 10.5 Å². The SMILES string of the molecule is CN(C)c1cccc2c1c(=O)n(C)c1c(-c3nc(C4CC4)no3)ncn21. The molecule has 0 atom stereocenters. The molecule has 3 aromatic heterocycles. The van der Waals surface area contributed by atoms with Gasteiger partial charge in [0.15, 0.2) is 17.2 Å². The molecule has 0 N–H and O–H groups in total. The van der Waals surface area contributed by atoms with E-state index >= 15 is 0 Å². The highest BCUT2D eigenvalue weighted by molar-refractivity contribution is 5.93. The van der Waals surface area contributed by atoms with Crippen LogP contribution in [0.5, 0.6) is 0 Å². The summed E-state index contributed by atoms with van der Waals surface area (Å²) in [6.07, 6.45) is 3.89. The second kappa shape index (κ2) is 5.17. The highest BCUT2D eigenvalue weighted by Crippen LogP contribution is 2.39. The van der Waals surface area contributed by atoms with E-state index in [-0.39, 0.29) is 5.56 Å². The van der Waals surface area contributed by atoms with Gasteiger partial charge >= 0.3 is 0 Å². The highest BCUT2D eigenvalue weighted by Gasteiger charge is 2.30. The summed E-state index contributed by atoms with van der Waals surface area (Å²) in [5.41, 5.74) is 2.76. The van der Waals surface area contributed by atoms with Gasteiger partial charge in [-0.25, -0.2) is 4.98 Å². The lowest BCUT2D eigenvalue weighted by Gasteiger charge is -2.16. The van der Waals surface area contributed by atoms with Crippen LogP contribution in [0.3, 0.4) is 0 Å². The maximum atomic E-state index is 13.1. The van der Waals surface area contributed by atoms with Gasteiger partial charge in [0, 0.05) is 27.1 Å². The van der Waals surface area contributed by atoms with Gasteiger partial charge in [0.1, 0.15) is 6.33 Å². The Morgan fingerprint density at radius 1 is 1.27 bits per heavy atom. The van der Waals surface area contributed by atoms with E-state index in [4.69, 9.17) is 4.52 Å². The number of rotatable bonds is 3. The van der Waals surface area contributed by atoms with E-state index in [2.05, 4.69) is 15.1 Å². The molecular formula is C18H18N6O2. The van der Waals surface area contributed by atoms with Crippen LogP contribution >= 0.6 is 0 Å². The van der Waals surface area contributed by atoms with Crippen molar-refractivity contribution in [1.82, 2.24) is 24.1 Å². The van der Waals surface area contributed by atoms with Gasteiger partial charge in [0.2, 0.25) is 0 Å². The van der Waals surface area contributed by atoms with Crippen LogP contribution in [0.15, 0.2) is 33.8 Å². The maximum Gasteiger partial charge on any atom is 0.280 e. The number of hydrogen-bond acceptors (Lipinski definition) is 6. The van der Waals surface area contributed by atoms with Crippen molar-refractivity contribution < 1.29 is 4.52 Å². The molecule has 3 heterocycles.